The number of carbonyl (C=O) groups excluding carboxylic acids is 1. The Hall–Kier alpha value is -0.570. The standard InChI is InChI=1S/C13H23NO2/c1-9(2)6-14-7-11(5-12(14)15)13(8-16-13)10(3)4/h9-11H,5-8H2,1-4H3. The molecule has 2 saturated heterocycles. The first-order valence-electron chi connectivity index (χ1n) is 6.37. The van der Waals surface area contributed by atoms with Gasteiger partial charge in [0.05, 0.1) is 12.2 Å². The fraction of sp³-hybridized carbons (Fsp3) is 0.923. The van der Waals surface area contributed by atoms with Crippen LogP contribution in [-0.2, 0) is 9.53 Å². The Bertz CT molecular complexity index is 282. The van der Waals surface area contributed by atoms with Gasteiger partial charge < -0.3 is 9.64 Å². The van der Waals surface area contributed by atoms with Gasteiger partial charge >= 0.3 is 0 Å². The molecule has 0 aliphatic carbocycles. The van der Waals surface area contributed by atoms with Gasteiger partial charge in [-0.25, -0.2) is 0 Å². The minimum Gasteiger partial charge on any atom is -0.369 e. The quantitative estimate of drug-likeness (QED) is 0.685. The summed E-state index contributed by atoms with van der Waals surface area (Å²) in [7, 11) is 0. The Morgan fingerprint density at radius 1 is 1.44 bits per heavy atom. The molecule has 2 heterocycles. The maximum atomic E-state index is 11.9. The summed E-state index contributed by atoms with van der Waals surface area (Å²) in [6.45, 7) is 11.3. The van der Waals surface area contributed by atoms with Crippen molar-refractivity contribution in [2.75, 3.05) is 19.7 Å². The Morgan fingerprint density at radius 2 is 2.06 bits per heavy atom. The minimum absolute atomic E-state index is 0.0153. The number of carbonyl (C=O) groups is 1. The van der Waals surface area contributed by atoms with Crippen LogP contribution in [0.2, 0.25) is 0 Å². The third-order valence-electron chi connectivity index (χ3n) is 3.95. The highest BCUT2D eigenvalue weighted by atomic mass is 16.6. The van der Waals surface area contributed by atoms with E-state index in [9.17, 15) is 4.79 Å². The summed E-state index contributed by atoms with van der Waals surface area (Å²) >= 11 is 0. The van der Waals surface area contributed by atoms with Gasteiger partial charge in [-0.15, -0.1) is 0 Å². The number of hydrogen-bond donors (Lipinski definition) is 0. The topological polar surface area (TPSA) is 32.8 Å². The SMILES string of the molecule is CC(C)CN1CC(C2(C(C)C)CO2)CC1=O. The first-order chi connectivity index (χ1) is 7.45. The summed E-state index contributed by atoms with van der Waals surface area (Å²) in [4.78, 5) is 13.9. The van der Waals surface area contributed by atoms with E-state index in [0.717, 1.165) is 19.7 Å². The lowest BCUT2D eigenvalue weighted by Gasteiger charge is -2.24. The molecule has 0 radical (unpaired) electrons. The maximum Gasteiger partial charge on any atom is 0.223 e. The molecule has 2 fully saturated rings. The molecule has 0 bridgehead atoms. The van der Waals surface area contributed by atoms with Crippen molar-refractivity contribution < 1.29 is 9.53 Å². The molecular formula is C13H23NO2. The average molecular weight is 225 g/mol. The van der Waals surface area contributed by atoms with E-state index in [1.54, 1.807) is 0 Å². The normalized spacial score (nSPS) is 34.2. The number of epoxide rings is 1. The molecule has 2 unspecified atom stereocenters. The van der Waals surface area contributed by atoms with Crippen LogP contribution in [0.4, 0.5) is 0 Å². The number of likely N-dealkylation sites (tertiary alicyclic amines) is 1. The van der Waals surface area contributed by atoms with Crippen LogP contribution >= 0.6 is 0 Å². The third kappa shape index (κ3) is 1.97. The van der Waals surface area contributed by atoms with Gasteiger partial charge in [-0.05, 0) is 11.8 Å². The summed E-state index contributed by atoms with van der Waals surface area (Å²) < 4.78 is 5.66. The Balaban J connectivity index is 1.99. The van der Waals surface area contributed by atoms with Crippen molar-refractivity contribution in [1.29, 1.82) is 0 Å². The molecule has 0 aromatic heterocycles. The molecule has 2 aliphatic rings. The zero-order valence-corrected chi connectivity index (χ0v) is 10.8. The van der Waals surface area contributed by atoms with Gasteiger partial charge in [0, 0.05) is 25.4 Å². The zero-order valence-electron chi connectivity index (χ0n) is 10.8. The van der Waals surface area contributed by atoms with E-state index in [1.807, 2.05) is 4.90 Å². The van der Waals surface area contributed by atoms with Crippen LogP contribution in [0.5, 0.6) is 0 Å². The average Bonchev–Trinajstić information content (AvgIpc) is 2.89. The minimum atomic E-state index is 0.0153. The largest absolute Gasteiger partial charge is 0.369 e. The van der Waals surface area contributed by atoms with E-state index in [2.05, 4.69) is 27.7 Å². The van der Waals surface area contributed by atoms with Gasteiger partial charge in [-0.1, -0.05) is 27.7 Å². The highest BCUT2D eigenvalue weighted by Crippen LogP contribution is 2.46. The molecule has 3 nitrogen and oxygen atoms in total. The number of nitrogens with zero attached hydrogens (tertiary/aromatic N) is 1. The molecule has 0 N–H and O–H groups in total. The predicted molar refractivity (Wildman–Crippen MR) is 63.0 cm³/mol. The van der Waals surface area contributed by atoms with Gasteiger partial charge in [0.1, 0.15) is 0 Å². The smallest absolute Gasteiger partial charge is 0.223 e. The first kappa shape index (κ1) is 11.9. The van der Waals surface area contributed by atoms with Crippen molar-refractivity contribution in [2.24, 2.45) is 17.8 Å². The van der Waals surface area contributed by atoms with Gasteiger partial charge in [0.2, 0.25) is 5.91 Å². The van der Waals surface area contributed by atoms with Gasteiger partial charge in [0.15, 0.2) is 0 Å². The lowest BCUT2D eigenvalue weighted by molar-refractivity contribution is -0.128. The molecule has 1 amide bonds. The molecule has 2 rings (SSSR count). The van der Waals surface area contributed by atoms with Crippen LogP contribution in [0.3, 0.4) is 0 Å². The van der Waals surface area contributed by atoms with E-state index in [0.29, 0.717) is 30.1 Å². The molecule has 92 valence electrons. The number of hydrogen-bond acceptors (Lipinski definition) is 2. The second kappa shape index (κ2) is 4.02. The second-order valence-corrected chi connectivity index (χ2v) is 5.99. The summed E-state index contributed by atoms with van der Waals surface area (Å²) in [6, 6.07) is 0. The highest BCUT2D eigenvalue weighted by molar-refractivity contribution is 5.79. The van der Waals surface area contributed by atoms with E-state index < -0.39 is 0 Å². The van der Waals surface area contributed by atoms with Gasteiger partial charge in [-0.2, -0.15) is 0 Å². The molecule has 2 aliphatic heterocycles. The van der Waals surface area contributed by atoms with Crippen molar-refractivity contribution in [3.8, 4) is 0 Å². The third-order valence-corrected chi connectivity index (χ3v) is 3.95. The van der Waals surface area contributed by atoms with E-state index in [4.69, 9.17) is 4.74 Å². The van der Waals surface area contributed by atoms with Crippen molar-refractivity contribution in [3.63, 3.8) is 0 Å². The molecular weight excluding hydrogens is 202 g/mol. The fourth-order valence-corrected chi connectivity index (χ4v) is 2.84. The summed E-state index contributed by atoms with van der Waals surface area (Å²) in [6.07, 6.45) is 0.685. The zero-order chi connectivity index (χ0) is 11.9. The van der Waals surface area contributed by atoms with Crippen LogP contribution in [0.15, 0.2) is 0 Å². The van der Waals surface area contributed by atoms with Crippen LogP contribution in [-0.4, -0.2) is 36.1 Å². The van der Waals surface area contributed by atoms with Crippen molar-refractivity contribution in [1.82, 2.24) is 4.90 Å². The maximum absolute atomic E-state index is 11.9. The highest BCUT2D eigenvalue weighted by Gasteiger charge is 2.56. The summed E-state index contributed by atoms with van der Waals surface area (Å²) in [5, 5.41) is 0. The molecule has 3 heteroatoms. The number of amides is 1. The van der Waals surface area contributed by atoms with Crippen LogP contribution in [0, 0.1) is 17.8 Å². The lowest BCUT2D eigenvalue weighted by Crippen LogP contribution is -2.34. The van der Waals surface area contributed by atoms with Crippen molar-refractivity contribution in [2.45, 2.75) is 39.7 Å². The monoisotopic (exact) mass is 225 g/mol. The van der Waals surface area contributed by atoms with Crippen molar-refractivity contribution >= 4 is 5.91 Å². The molecule has 0 aromatic carbocycles. The summed E-state index contributed by atoms with van der Waals surface area (Å²) in [5.41, 5.74) is 0.0153. The molecule has 2 atom stereocenters. The molecule has 0 saturated carbocycles. The Kier molecular flexibility index (Phi) is 2.99. The van der Waals surface area contributed by atoms with E-state index in [1.165, 1.54) is 0 Å². The van der Waals surface area contributed by atoms with Crippen LogP contribution in [0.1, 0.15) is 34.1 Å². The lowest BCUT2D eigenvalue weighted by atomic mass is 9.83. The van der Waals surface area contributed by atoms with Crippen LogP contribution < -0.4 is 0 Å². The van der Waals surface area contributed by atoms with Gasteiger partial charge in [-0.3, -0.25) is 4.79 Å². The van der Waals surface area contributed by atoms with Gasteiger partial charge in [0.25, 0.3) is 0 Å². The molecule has 16 heavy (non-hydrogen) atoms. The molecule has 0 spiro atoms. The predicted octanol–water partition coefficient (Wildman–Crippen LogP) is 1.92. The Morgan fingerprint density at radius 3 is 2.50 bits per heavy atom. The fourth-order valence-electron chi connectivity index (χ4n) is 2.84. The Labute approximate surface area is 98.1 Å². The number of rotatable bonds is 4. The van der Waals surface area contributed by atoms with Crippen LogP contribution in [0.25, 0.3) is 0 Å². The first-order valence-corrected chi connectivity index (χ1v) is 6.37. The van der Waals surface area contributed by atoms with Crippen molar-refractivity contribution in [3.05, 3.63) is 0 Å². The van der Waals surface area contributed by atoms with E-state index in [-0.39, 0.29) is 5.60 Å². The number of ether oxygens (including phenoxy) is 1. The second-order valence-electron chi connectivity index (χ2n) is 5.99. The molecule has 0 aromatic rings. The summed E-state index contributed by atoms with van der Waals surface area (Å²) in [5.74, 6) is 1.80. The van der Waals surface area contributed by atoms with E-state index >= 15 is 0 Å².